The quantitative estimate of drug-likeness (QED) is 0.658. The van der Waals surface area contributed by atoms with Crippen LogP contribution in [0.1, 0.15) is 18.1 Å². The smallest absolute Gasteiger partial charge is 0.233 e. The minimum atomic E-state index is -0.355. The lowest BCUT2D eigenvalue weighted by molar-refractivity contribution is -0.120. The van der Waals surface area contributed by atoms with Gasteiger partial charge in [0.15, 0.2) is 11.0 Å². The molecule has 3 rings (SSSR count). The summed E-state index contributed by atoms with van der Waals surface area (Å²) >= 11 is 1.29. The van der Waals surface area contributed by atoms with Crippen molar-refractivity contribution < 1.29 is 9.18 Å². The Labute approximate surface area is 162 Å². The molecule has 0 radical (unpaired) electrons. The fourth-order valence-corrected chi connectivity index (χ4v) is 3.38. The average molecular weight is 384 g/mol. The zero-order valence-electron chi connectivity index (χ0n) is 15.4. The van der Waals surface area contributed by atoms with Gasteiger partial charge in [-0.1, -0.05) is 53.7 Å². The number of thioether (sulfide) groups is 1. The van der Waals surface area contributed by atoms with E-state index in [0.717, 1.165) is 5.56 Å². The van der Waals surface area contributed by atoms with E-state index in [0.29, 0.717) is 23.1 Å². The molecule has 27 heavy (non-hydrogen) atoms. The number of aromatic nitrogens is 3. The third-order valence-electron chi connectivity index (χ3n) is 4.19. The van der Waals surface area contributed by atoms with Crippen molar-refractivity contribution in [1.29, 1.82) is 0 Å². The van der Waals surface area contributed by atoms with E-state index in [1.54, 1.807) is 29.8 Å². The lowest BCUT2D eigenvalue weighted by Gasteiger charge is -2.12. The van der Waals surface area contributed by atoms with E-state index in [2.05, 4.69) is 15.5 Å². The number of nitrogens with zero attached hydrogens (tertiary/aromatic N) is 3. The van der Waals surface area contributed by atoms with Gasteiger partial charge < -0.3 is 9.88 Å². The van der Waals surface area contributed by atoms with Gasteiger partial charge >= 0.3 is 0 Å². The first kappa shape index (κ1) is 19.1. The molecule has 1 N–H and O–H groups in total. The summed E-state index contributed by atoms with van der Waals surface area (Å²) in [6.07, 6.45) is 0. The molecule has 5 nitrogen and oxygen atoms in total. The summed E-state index contributed by atoms with van der Waals surface area (Å²) in [5, 5.41) is 11.3. The zero-order chi connectivity index (χ0) is 19.4. The first-order valence-electron chi connectivity index (χ1n) is 8.60. The number of carbonyl (C=O) groups excluding carboxylic acids is 1. The van der Waals surface area contributed by atoms with E-state index < -0.39 is 0 Å². The highest BCUT2D eigenvalue weighted by Crippen LogP contribution is 2.27. The molecule has 1 heterocycles. The largest absolute Gasteiger partial charge is 0.351 e. The van der Waals surface area contributed by atoms with Crippen LogP contribution in [0.15, 0.2) is 53.7 Å². The number of nitrogens with one attached hydrogen (secondary N) is 1. The maximum Gasteiger partial charge on any atom is 0.233 e. The Hall–Kier alpha value is -2.67. The summed E-state index contributed by atoms with van der Waals surface area (Å²) in [5.41, 5.74) is 2.62. The lowest BCUT2D eigenvalue weighted by Crippen LogP contribution is -2.30. The molecular weight excluding hydrogens is 363 g/mol. The van der Waals surface area contributed by atoms with Gasteiger partial charge in [0.2, 0.25) is 5.91 Å². The second-order valence-electron chi connectivity index (χ2n) is 6.31. The fraction of sp³-hybridized carbons (Fsp3) is 0.250. The zero-order valence-corrected chi connectivity index (χ0v) is 16.3. The molecule has 0 bridgehead atoms. The number of carbonyl (C=O) groups is 1. The molecule has 3 aromatic rings. The molecule has 0 unspecified atom stereocenters. The lowest BCUT2D eigenvalue weighted by atomic mass is 10.1. The Kier molecular flexibility index (Phi) is 5.91. The third-order valence-corrected chi connectivity index (χ3v) is 5.32. The van der Waals surface area contributed by atoms with Crippen molar-refractivity contribution in [3.8, 4) is 11.4 Å². The summed E-state index contributed by atoms with van der Waals surface area (Å²) in [5.74, 6) is -0.00711. The second kappa shape index (κ2) is 8.35. The Morgan fingerprint density at radius 1 is 1.19 bits per heavy atom. The molecule has 0 aliphatic heterocycles. The van der Waals surface area contributed by atoms with E-state index in [4.69, 9.17) is 0 Å². The number of rotatable bonds is 6. The van der Waals surface area contributed by atoms with E-state index in [9.17, 15) is 9.18 Å². The van der Waals surface area contributed by atoms with Gasteiger partial charge in [0.05, 0.1) is 10.8 Å². The highest BCUT2D eigenvalue weighted by atomic mass is 32.2. The van der Waals surface area contributed by atoms with Crippen LogP contribution in [-0.4, -0.2) is 25.9 Å². The van der Waals surface area contributed by atoms with Gasteiger partial charge in [-0.25, -0.2) is 4.39 Å². The molecule has 0 saturated heterocycles. The number of halogens is 1. The van der Waals surface area contributed by atoms with Gasteiger partial charge in [0, 0.05) is 13.6 Å². The molecule has 2 aromatic carbocycles. The van der Waals surface area contributed by atoms with Gasteiger partial charge in [0.25, 0.3) is 0 Å². The van der Waals surface area contributed by atoms with Crippen LogP contribution in [0.5, 0.6) is 0 Å². The van der Waals surface area contributed by atoms with Crippen LogP contribution in [0.3, 0.4) is 0 Å². The van der Waals surface area contributed by atoms with E-state index in [1.165, 1.54) is 23.4 Å². The van der Waals surface area contributed by atoms with E-state index in [1.807, 2.05) is 38.1 Å². The van der Waals surface area contributed by atoms with Crippen molar-refractivity contribution in [3.05, 3.63) is 65.5 Å². The minimum absolute atomic E-state index is 0.0870. The molecule has 0 spiro atoms. The van der Waals surface area contributed by atoms with Crippen molar-refractivity contribution >= 4 is 17.7 Å². The first-order valence-corrected chi connectivity index (χ1v) is 9.48. The van der Waals surface area contributed by atoms with Crippen LogP contribution < -0.4 is 5.32 Å². The second-order valence-corrected chi connectivity index (χ2v) is 7.62. The molecule has 1 atom stereocenters. The summed E-state index contributed by atoms with van der Waals surface area (Å²) in [4.78, 5) is 12.4. The molecule has 1 aromatic heterocycles. The Bertz CT molecular complexity index is 939. The number of benzene rings is 2. The van der Waals surface area contributed by atoms with Crippen molar-refractivity contribution in [2.24, 2.45) is 7.05 Å². The predicted molar refractivity (Wildman–Crippen MR) is 105 cm³/mol. The van der Waals surface area contributed by atoms with Crippen LogP contribution in [0.2, 0.25) is 0 Å². The maximum absolute atomic E-state index is 14.0. The number of aryl methyl sites for hydroxylation is 1. The number of amides is 1. The molecular formula is C20H21FN4OS. The van der Waals surface area contributed by atoms with Gasteiger partial charge in [-0.3, -0.25) is 4.79 Å². The van der Waals surface area contributed by atoms with Crippen LogP contribution in [-0.2, 0) is 18.4 Å². The van der Waals surface area contributed by atoms with Crippen LogP contribution in [0, 0.1) is 12.7 Å². The number of hydrogen-bond acceptors (Lipinski definition) is 4. The highest BCUT2D eigenvalue weighted by Gasteiger charge is 2.20. The van der Waals surface area contributed by atoms with Crippen molar-refractivity contribution in [2.75, 3.05) is 0 Å². The normalized spacial score (nSPS) is 12.0. The van der Waals surface area contributed by atoms with Crippen molar-refractivity contribution in [2.45, 2.75) is 30.8 Å². The van der Waals surface area contributed by atoms with Gasteiger partial charge in [-0.2, -0.15) is 0 Å². The summed E-state index contributed by atoms with van der Waals surface area (Å²) < 4.78 is 15.7. The third kappa shape index (κ3) is 4.54. The number of hydrogen-bond donors (Lipinski definition) is 1. The first-order chi connectivity index (χ1) is 13.0. The van der Waals surface area contributed by atoms with Crippen molar-refractivity contribution in [1.82, 2.24) is 20.1 Å². The molecule has 140 valence electrons. The highest BCUT2D eigenvalue weighted by molar-refractivity contribution is 8.00. The Morgan fingerprint density at radius 3 is 2.59 bits per heavy atom. The van der Waals surface area contributed by atoms with Crippen molar-refractivity contribution in [3.63, 3.8) is 0 Å². The summed E-state index contributed by atoms with van der Waals surface area (Å²) in [7, 11) is 1.76. The standard InChI is InChI=1S/C20H21FN4OS/c1-13-8-10-15(11-9-13)12-22-19(26)14(2)27-20-24-23-18(25(20)3)16-6-4-5-7-17(16)21/h4-11,14H,12H2,1-3H3,(H,22,26)/t14-/m1/s1. The van der Waals surface area contributed by atoms with Crippen LogP contribution in [0.25, 0.3) is 11.4 Å². The van der Waals surface area contributed by atoms with Gasteiger partial charge in [0.1, 0.15) is 5.82 Å². The maximum atomic E-state index is 14.0. The van der Waals surface area contributed by atoms with Crippen LogP contribution in [0.4, 0.5) is 4.39 Å². The monoisotopic (exact) mass is 384 g/mol. The minimum Gasteiger partial charge on any atom is -0.351 e. The Balaban J connectivity index is 1.64. The molecule has 0 saturated carbocycles. The molecule has 0 aliphatic carbocycles. The van der Waals surface area contributed by atoms with E-state index in [-0.39, 0.29) is 17.0 Å². The molecule has 7 heteroatoms. The summed E-state index contributed by atoms with van der Waals surface area (Å²) in [6, 6.07) is 14.5. The molecule has 0 fully saturated rings. The van der Waals surface area contributed by atoms with Crippen LogP contribution >= 0.6 is 11.8 Å². The SMILES string of the molecule is Cc1ccc(CNC(=O)[C@@H](C)Sc2nnc(-c3ccccc3F)n2C)cc1. The Morgan fingerprint density at radius 2 is 1.89 bits per heavy atom. The topological polar surface area (TPSA) is 59.8 Å². The van der Waals surface area contributed by atoms with E-state index >= 15 is 0 Å². The average Bonchev–Trinajstić information content (AvgIpc) is 3.01. The molecule has 0 aliphatic rings. The van der Waals surface area contributed by atoms with Gasteiger partial charge in [-0.15, -0.1) is 10.2 Å². The predicted octanol–water partition coefficient (Wildman–Crippen LogP) is 3.73. The summed E-state index contributed by atoms with van der Waals surface area (Å²) in [6.45, 7) is 4.31. The molecule has 1 amide bonds. The fourth-order valence-electron chi connectivity index (χ4n) is 2.55. The van der Waals surface area contributed by atoms with Gasteiger partial charge in [-0.05, 0) is 31.5 Å².